The molecule has 1 aromatic rings. The van der Waals surface area contributed by atoms with Crippen molar-refractivity contribution in [1.29, 1.82) is 0 Å². The minimum Gasteiger partial charge on any atom is -0.356 e. The Hall–Kier alpha value is -1.29. The molecule has 0 bridgehead atoms. The highest BCUT2D eigenvalue weighted by Crippen LogP contribution is 2.03. The molecule has 1 amide bonds. The third-order valence-corrected chi connectivity index (χ3v) is 2.93. The number of hydrogen-bond donors (Lipinski definition) is 2. The van der Waals surface area contributed by atoms with Gasteiger partial charge in [0.25, 0.3) is 0 Å². The van der Waals surface area contributed by atoms with E-state index < -0.39 is 0 Å². The summed E-state index contributed by atoms with van der Waals surface area (Å²) in [5, 5.41) is 6.25. The van der Waals surface area contributed by atoms with E-state index in [2.05, 4.69) is 54.3 Å². The minimum atomic E-state index is 0.130. The van der Waals surface area contributed by atoms with Crippen LogP contribution in [0.5, 0.6) is 0 Å². The molecule has 0 saturated heterocycles. The van der Waals surface area contributed by atoms with Crippen molar-refractivity contribution in [2.45, 2.75) is 46.7 Å². The number of hydrogen-bond acceptors (Lipinski definition) is 2. The Kier molecular flexibility index (Phi) is 7.26. The van der Waals surface area contributed by atoms with Crippen LogP contribution in [0, 0.1) is 5.92 Å². The standard InChI is InChI=1S/C15H27N3O/c1-4-9-18-10-5-6-14(18)12-16-8-7-15(19)17-11-13(2)3/h5-6,10,13,16H,4,7-9,11-12H2,1-3H3,(H,17,19). The van der Waals surface area contributed by atoms with Crippen LogP contribution < -0.4 is 10.6 Å². The molecule has 0 aromatic carbocycles. The second kappa shape index (κ2) is 8.75. The summed E-state index contributed by atoms with van der Waals surface area (Å²) in [5.41, 5.74) is 1.28. The molecule has 0 atom stereocenters. The Morgan fingerprint density at radius 3 is 2.89 bits per heavy atom. The first-order chi connectivity index (χ1) is 9.13. The first-order valence-corrected chi connectivity index (χ1v) is 7.25. The number of nitrogens with zero attached hydrogens (tertiary/aromatic N) is 1. The SMILES string of the molecule is CCCn1cccc1CNCCC(=O)NCC(C)C. The molecule has 0 saturated carbocycles. The zero-order valence-electron chi connectivity index (χ0n) is 12.4. The Balaban J connectivity index is 2.16. The molecule has 0 aliphatic rings. The van der Waals surface area contributed by atoms with Gasteiger partial charge in [-0.3, -0.25) is 4.79 Å². The normalized spacial score (nSPS) is 10.9. The van der Waals surface area contributed by atoms with Crippen LogP contribution in [0.15, 0.2) is 18.3 Å². The molecule has 2 N–H and O–H groups in total. The Bertz CT molecular complexity index is 371. The highest BCUT2D eigenvalue weighted by atomic mass is 16.1. The molecule has 1 rings (SSSR count). The lowest BCUT2D eigenvalue weighted by molar-refractivity contribution is -0.121. The molecule has 0 spiro atoms. The molecule has 0 fully saturated rings. The van der Waals surface area contributed by atoms with Crippen molar-refractivity contribution in [2.24, 2.45) is 5.92 Å². The third-order valence-electron chi connectivity index (χ3n) is 2.93. The van der Waals surface area contributed by atoms with Crippen molar-refractivity contribution in [1.82, 2.24) is 15.2 Å². The van der Waals surface area contributed by atoms with E-state index in [0.29, 0.717) is 12.3 Å². The Morgan fingerprint density at radius 1 is 1.42 bits per heavy atom. The van der Waals surface area contributed by atoms with Crippen molar-refractivity contribution in [2.75, 3.05) is 13.1 Å². The lowest BCUT2D eigenvalue weighted by Crippen LogP contribution is -2.30. The van der Waals surface area contributed by atoms with E-state index in [1.54, 1.807) is 0 Å². The number of aromatic nitrogens is 1. The van der Waals surface area contributed by atoms with Gasteiger partial charge in [-0.2, -0.15) is 0 Å². The zero-order valence-corrected chi connectivity index (χ0v) is 12.4. The van der Waals surface area contributed by atoms with E-state index in [1.165, 1.54) is 5.69 Å². The van der Waals surface area contributed by atoms with E-state index in [-0.39, 0.29) is 5.91 Å². The maximum absolute atomic E-state index is 11.5. The molecule has 4 heteroatoms. The van der Waals surface area contributed by atoms with Gasteiger partial charge < -0.3 is 15.2 Å². The topological polar surface area (TPSA) is 46.1 Å². The molecule has 0 aliphatic carbocycles. The van der Waals surface area contributed by atoms with Gasteiger partial charge in [-0.25, -0.2) is 0 Å². The largest absolute Gasteiger partial charge is 0.356 e. The van der Waals surface area contributed by atoms with Crippen LogP contribution in [-0.4, -0.2) is 23.6 Å². The summed E-state index contributed by atoms with van der Waals surface area (Å²) in [5.74, 6) is 0.638. The summed E-state index contributed by atoms with van der Waals surface area (Å²) in [6, 6.07) is 4.20. The predicted octanol–water partition coefficient (Wildman–Crippen LogP) is 2.15. The highest BCUT2D eigenvalue weighted by Gasteiger charge is 2.03. The maximum atomic E-state index is 11.5. The van der Waals surface area contributed by atoms with E-state index in [4.69, 9.17) is 0 Å². The van der Waals surface area contributed by atoms with E-state index >= 15 is 0 Å². The van der Waals surface area contributed by atoms with Crippen LogP contribution in [0.3, 0.4) is 0 Å². The molecule has 4 nitrogen and oxygen atoms in total. The lowest BCUT2D eigenvalue weighted by atomic mass is 10.2. The quantitative estimate of drug-likeness (QED) is 0.672. The minimum absolute atomic E-state index is 0.130. The van der Waals surface area contributed by atoms with Crippen molar-refractivity contribution in [3.63, 3.8) is 0 Å². The van der Waals surface area contributed by atoms with Gasteiger partial charge in [-0.15, -0.1) is 0 Å². The summed E-state index contributed by atoms with van der Waals surface area (Å²) < 4.78 is 2.26. The van der Waals surface area contributed by atoms with Crippen molar-refractivity contribution in [3.05, 3.63) is 24.0 Å². The number of nitrogens with one attached hydrogen (secondary N) is 2. The van der Waals surface area contributed by atoms with Crippen LogP contribution >= 0.6 is 0 Å². The van der Waals surface area contributed by atoms with Crippen molar-refractivity contribution < 1.29 is 4.79 Å². The Morgan fingerprint density at radius 2 is 2.21 bits per heavy atom. The summed E-state index contributed by atoms with van der Waals surface area (Å²) >= 11 is 0. The lowest BCUT2D eigenvalue weighted by Gasteiger charge is -2.10. The number of carbonyl (C=O) groups excluding carboxylic acids is 1. The summed E-state index contributed by atoms with van der Waals surface area (Å²) in [6.07, 6.45) is 3.79. The van der Waals surface area contributed by atoms with Gasteiger partial charge in [0.15, 0.2) is 0 Å². The molecule has 0 unspecified atom stereocenters. The number of rotatable bonds is 9. The third kappa shape index (κ3) is 6.43. The average molecular weight is 265 g/mol. The Labute approximate surface area is 116 Å². The smallest absolute Gasteiger partial charge is 0.221 e. The van der Waals surface area contributed by atoms with Crippen molar-refractivity contribution in [3.8, 4) is 0 Å². The van der Waals surface area contributed by atoms with E-state index in [0.717, 1.165) is 32.6 Å². The first-order valence-electron chi connectivity index (χ1n) is 7.25. The monoisotopic (exact) mass is 265 g/mol. The number of carbonyl (C=O) groups is 1. The van der Waals surface area contributed by atoms with Gasteiger partial charge in [0, 0.05) is 44.5 Å². The fraction of sp³-hybridized carbons (Fsp3) is 0.667. The fourth-order valence-corrected chi connectivity index (χ4v) is 1.89. The summed E-state index contributed by atoms with van der Waals surface area (Å²) in [4.78, 5) is 11.5. The number of amides is 1. The molecule has 108 valence electrons. The van der Waals surface area contributed by atoms with Crippen LogP contribution in [0.4, 0.5) is 0 Å². The summed E-state index contributed by atoms with van der Waals surface area (Å²) in [7, 11) is 0. The van der Waals surface area contributed by atoms with Crippen LogP contribution in [0.1, 0.15) is 39.3 Å². The zero-order chi connectivity index (χ0) is 14.1. The molecule has 0 aliphatic heterocycles. The molecule has 1 aromatic heterocycles. The molecular formula is C15H27N3O. The van der Waals surface area contributed by atoms with Crippen molar-refractivity contribution >= 4 is 5.91 Å². The van der Waals surface area contributed by atoms with Gasteiger partial charge in [0.1, 0.15) is 0 Å². The van der Waals surface area contributed by atoms with Gasteiger partial charge in [0.2, 0.25) is 5.91 Å². The number of aryl methyl sites for hydroxylation is 1. The van der Waals surface area contributed by atoms with Gasteiger partial charge >= 0.3 is 0 Å². The van der Waals surface area contributed by atoms with Crippen LogP contribution in [0.2, 0.25) is 0 Å². The molecule has 19 heavy (non-hydrogen) atoms. The second-order valence-electron chi connectivity index (χ2n) is 5.32. The van der Waals surface area contributed by atoms with Crippen LogP contribution in [0.25, 0.3) is 0 Å². The van der Waals surface area contributed by atoms with E-state index in [1.807, 2.05) is 0 Å². The fourth-order valence-electron chi connectivity index (χ4n) is 1.89. The van der Waals surface area contributed by atoms with Gasteiger partial charge in [-0.05, 0) is 24.5 Å². The second-order valence-corrected chi connectivity index (χ2v) is 5.32. The molecular weight excluding hydrogens is 238 g/mol. The molecule has 0 radical (unpaired) electrons. The van der Waals surface area contributed by atoms with Gasteiger partial charge in [0.05, 0.1) is 0 Å². The van der Waals surface area contributed by atoms with Gasteiger partial charge in [-0.1, -0.05) is 20.8 Å². The predicted molar refractivity (Wildman–Crippen MR) is 78.9 cm³/mol. The van der Waals surface area contributed by atoms with Crippen LogP contribution in [-0.2, 0) is 17.9 Å². The molecule has 1 heterocycles. The van der Waals surface area contributed by atoms with E-state index in [9.17, 15) is 4.79 Å². The summed E-state index contributed by atoms with van der Waals surface area (Å²) in [6.45, 7) is 9.74. The average Bonchev–Trinajstić information content (AvgIpc) is 2.80. The first kappa shape index (κ1) is 15.8. The maximum Gasteiger partial charge on any atom is 0.221 e. The highest BCUT2D eigenvalue weighted by molar-refractivity contribution is 5.76.